The molecule has 1 heterocycles. The average Bonchev–Trinajstić information content (AvgIpc) is 2.80. The van der Waals surface area contributed by atoms with Crippen molar-refractivity contribution in [1.82, 2.24) is 0 Å². The van der Waals surface area contributed by atoms with Crippen molar-refractivity contribution in [3.8, 4) is 28.9 Å². The van der Waals surface area contributed by atoms with Gasteiger partial charge in [0.2, 0.25) is 5.52 Å². The number of aromatic nitrogens is 1. The van der Waals surface area contributed by atoms with Crippen LogP contribution in [0.2, 0.25) is 0 Å². The van der Waals surface area contributed by atoms with Gasteiger partial charge in [-0.05, 0) is 29.7 Å². The molecular formula is C23H24FNO8S. The number of benzene rings is 3. The van der Waals surface area contributed by atoms with E-state index in [0.717, 1.165) is 38.3 Å². The smallest absolute Gasteiger partial charge is 0.376 e. The number of halogens is 1. The van der Waals surface area contributed by atoms with Crippen molar-refractivity contribution in [2.75, 3.05) is 35.5 Å². The number of methoxy groups -OCH3 is 5. The van der Waals surface area contributed by atoms with Crippen molar-refractivity contribution < 1.29 is 45.1 Å². The van der Waals surface area contributed by atoms with Gasteiger partial charge in [0, 0.05) is 11.5 Å². The molecule has 3 aromatic carbocycles. The summed E-state index contributed by atoms with van der Waals surface area (Å²) in [5.41, 5.74) is 1.03. The molecule has 0 spiro atoms. The number of aryl methyl sites for hydroxylation is 1. The van der Waals surface area contributed by atoms with Crippen LogP contribution in [0.15, 0.2) is 36.4 Å². The minimum absolute atomic E-state index is 0.657. The van der Waals surface area contributed by atoms with Crippen LogP contribution in [0, 0.1) is 0 Å². The Kier molecular flexibility index (Phi) is 7.18. The monoisotopic (exact) mass is 493 g/mol. The number of hydrogen-bond donors (Lipinski definition) is 0. The van der Waals surface area contributed by atoms with E-state index in [-0.39, 0.29) is 0 Å². The Morgan fingerprint density at radius 3 is 1.62 bits per heavy atom. The van der Waals surface area contributed by atoms with E-state index < -0.39 is 10.5 Å². The molecule has 0 atom stereocenters. The number of pyridine rings is 1. The van der Waals surface area contributed by atoms with E-state index in [1.807, 2.05) is 31.3 Å². The molecule has 0 bridgehead atoms. The van der Waals surface area contributed by atoms with Crippen LogP contribution in [-0.4, -0.2) is 48.5 Å². The first-order valence-corrected chi connectivity index (χ1v) is 11.1. The van der Waals surface area contributed by atoms with Gasteiger partial charge >= 0.3 is 5.88 Å². The van der Waals surface area contributed by atoms with E-state index >= 15 is 0 Å². The van der Waals surface area contributed by atoms with Gasteiger partial charge in [0.25, 0.3) is 10.5 Å². The van der Waals surface area contributed by atoms with E-state index in [1.165, 1.54) is 0 Å². The summed E-state index contributed by atoms with van der Waals surface area (Å²) in [5, 5.41) is 5.12. The molecule has 34 heavy (non-hydrogen) atoms. The highest BCUT2D eigenvalue weighted by Crippen LogP contribution is 2.41. The first-order valence-electron chi connectivity index (χ1n) is 9.83. The number of hydrogen-bond acceptors (Lipinski definition) is 8. The molecule has 0 fully saturated rings. The van der Waals surface area contributed by atoms with Crippen LogP contribution in [0.3, 0.4) is 0 Å². The normalized spacial score (nSPS) is 11.2. The molecule has 0 saturated carbocycles. The van der Waals surface area contributed by atoms with Crippen LogP contribution >= 0.6 is 0 Å². The number of rotatable bonds is 5. The molecule has 0 saturated heterocycles. The predicted octanol–water partition coefficient (Wildman–Crippen LogP) is 3.43. The minimum atomic E-state index is -5.42. The molecule has 11 heteroatoms. The molecule has 4 rings (SSSR count). The molecule has 0 aliphatic rings. The molecule has 0 radical (unpaired) electrons. The number of nitrogens with zero attached hydrogens (tertiary/aromatic N) is 1. The second kappa shape index (κ2) is 9.74. The number of ether oxygens (including phenoxy) is 5. The molecule has 182 valence electrons. The average molecular weight is 494 g/mol. The van der Waals surface area contributed by atoms with E-state index in [2.05, 4.69) is 16.7 Å². The van der Waals surface area contributed by atoms with Gasteiger partial charge in [0.1, 0.15) is 7.05 Å². The zero-order valence-corrected chi connectivity index (χ0v) is 20.3. The lowest BCUT2D eigenvalue weighted by atomic mass is 9.99. The topological polar surface area (TPSA) is 107 Å². The second-order valence-corrected chi connectivity index (χ2v) is 7.89. The Labute approximate surface area is 196 Å². The third-order valence-electron chi connectivity index (χ3n) is 5.37. The quantitative estimate of drug-likeness (QED) is 0.180. The van der Waals surface area contributed by atoms with Crippen molar-refractivity contribution in [2.24, 2.45) is 7.05 Å². The summed E-state index contributed by atoms with van der Waals surface area (Å²) in [6.07, 6.45) is 0. The third-order valence-corrected chi connectivity index (χ3v) is 5.37. The van der Waals surface area contributed by atoms with Gasteiger partial charge in [-0.25, -0.2) is 8.42 Å². The first-order chi connectivity index (χ1) is 16.1. The second-order valence-electron chi connectivity index (χ2n) is 7.10. The van der Waals surface area contributed by atoms with E-state index in [1.54, 1.807) is 35.5 Å². The van der Waals surface area contributed by atoms with E-state index in [4.69, 9.17) is 36.7 Å². The summed E-state index contributed by atoms with van der Waals surface area (Å²) in [6.45, 7) is 0. The van der Waals surface area contributed by atoms with E-state index in [0.29, 0.717) is 23.0 Å². The maximum absolute atomic E-state index is 10.1. The van der Waals surface area contributed by atoms with E-state index in [9.17, 15) is 3.89 Å². The van der Waals surface area contributed by atoms with Crippen LogP contribution in [0.5, 0.6) is 28.9 Å². The Bertz CT molecular complexity index is 1480. The summed E-state index contributed by atoms with van der Waals surface area (Å²) in [4.78, 5) is 0. The van der Waals surface area contributed by atoms with Gasteiger partial charge in [-0.2, -0.15) is 4.57 Å². The Balaban J connectivity index is 0.000000588. The molecular weight excluding hydrogens is 469 g/mol. The Morgan fingerprint density at radius 2 is 1.15 bits per heavy atom. The van der Waals surface area contributed by atoms with Gasteiger partial charge in [0.15, 0.2) is 23.0 Å². The number of fused-ring (bicyclic) bond motifs is 5. The first kappa shape index (κ1) is 25.1. The molecule has 0 aliphatic carbocycles. The van der Waals surface area contributed by atoms with Gasteiger partial charge in [-0.15, -0.1) is 3.89 Å². The van der Waals surface area contributed by atoms with Gasteiger partial charge in [0.05, 0.1) is 51.7 Å². The molecule has 0 N–H and O–H groups in total. The minimum Gasteiger partial charge on any atom is -0.722 e. The highest BCUT2D eigenvalue weighted by molar-refractivity contribution is 7.80. The highest BCUT2D eigenvalue weighted by atomic mass is 32.3. The lowest BCUT2D eigenvalue weighted by Crippen LogP contribution is -2.31. The zero-order chi connectivity index (χ0) is 25.2. The Morgan fingerprint density at radius 1 is 0.706 bits per heavy atom. The fraction of sp³-hybridized carbons (Fsp3) is 0.261. The van der Waals surface area contributed by atoms with Crippen LogP contribution in [0.4, 0.5) is 3.89 Å². The van der Waals surface area contributed by atoms with Gasteiger partial charge in [-0.3, -0.25) is 0 Å². The Hall–Kier alpha value is -3.57. The maximum atomic E-state index is 10.1. The molecule has 0 unspecified atom stereocenters. The molecule has 0 amide bonds. The summed E-state index contributed by atoms with van der Waals surface area (Å²) in [6, 6.07) is 12.1. The van der Waals surface area contributed by atoms with Crippen LogP contribution in [-0.2, 0) is 17.6 Å². The zero-order valence-electron chi connectivity index (χ0n) is 19.5. The summed E-state index contributed by atoms with van der Waals surface area (Å²) < 4.78 is 65.2. The third kappa shape index (κ3) is 4.70. The molecule has 0 aliphatic heterocycles. The maximum Gasteiger partial charge on any atom is 0.376 e. The van der Waals surface area contributed by atoms with Crippen molar-refractivity contribution in [2.45, 2.75) is 0 Å². The van der Waals surface area contributed by atoms with Crippen molar-refractivity contribution >= 4 is 43.0 Å². The molecule has 1 aromatic heterocycles. The summed E-state index contributed by atoms with van der Waals surface area (Å²) in [5.74, 6) is 3.44. The van der Waals surface area contributed by atoms with Crippen LogP contribution in [0.25, 0.3) is 32.4 Å². The lowest BCUT2D eigenvalue weighted by Gasteiger charge is -2.14. The largest absolute Gasteiger partial charge is 0.722 e. The lowest BCUT2D eigenvalue weighted by molar-refractivity contribution is -0.648. The molecule has 4 aromatic rings. The van der Waals surface area contributed by atoms with Crippen LogP contribution < -0.4 is 28.3 Å². The summed E-state index contributed by atoms with van der Waals surface area (Å²) >= 11 is 0. The predicted molar refractivity (Wildman–Crippen MR) is 124 cm³/mol. The highest BCUT2D eigenvalue weighted by Gasteiger charge is 2.24. The fourth-order valence-corrected chi connectivity index (χ4v) is 4.02. The summed E-state index contributed by atoms with van der Waals surface area (Å²) in [7, 11) is 4.80. The SMILES string of the molecule is COc1cc2ccc3c4cc(OC)c(OC)cc4c(OC)[n+](C)c3c2cc1OC.O=S(=O)([O-])F. The fourth-order valence-electron chi connectivity index (χ4n) is 4.02. The molecule has 9 nitrogen and oxygen atoms in total. The van der Waals surface area contributed by atoms with Crippen molar-refractivity contribution in [3.05, 3.63) is 36.4 Å². The van der Waals surface area contributed by atoms with Gasteiger partial charge in [-0.1, -0.05) is 6.07 Å². The van der Waals surface area contributed by atoms with Crippen LogP contribution in [0.1, 0.15) is 0 Å². The van der Waals surface area contributed by atoms with Gasteiger partial charge < -0.3 is 28.2 Å². The standard InChI is InChI=1S/C23H24NO5.FHO3S/c1-24-22-14(8-7-13-9-18(25-2)19(26-3)10-15(13)22)16-11-20(27-4)21(28-5)12-17(16)23(24)29-6;1-5(2,3)4/h7-12H,1-6H3;(H,2,3,4)/q+1;/p-1. The van der Waals surface area contributed by atoms with Crippen molar-refractivity contribution in [3.63, 3.8) is 0 Å². The van der Waals surface area contributed by atoms with Crippen molar-refractivity contribution in [1.29, 1.82) is 0 Å².